The molecule has 52 heavy (non-hydrogen) atoms. The van der Waals surface area contributed by atoms with Gasteiger partial charge in [-0.2, -0.15) is 15.6 Å². The van der Waals surface area contributed by atoms with Crippen LogP contribution in [0.15, 0.2) is 34.9 Å². The molecule has 3 aromatic rings. The van der Waals surface area contributed by atoms with Crippen molar-refractivity contribution in [3.05, 3.63) is 52.4 Å². The number of hydrogen-bond donors (Lipinski definition) is 6. The highest BCUT2D eigenvalue weighted by Gasteiger charge is 2.56. The van der Waals surface area contributed by atoms with Crippen LogP contribution < -0.4 is 17.2 Å². The third-order valence-corrected chi connectivity index (χ3v) is 13.8. The minimum absolute atomic E-state index is 0. The second kappa shape index (κ2) is 15.7. The lowest BCUT2D eigenvalue weighted by Gasteiger charge is -2.51. The number of H-pyrrole nitrogens is 3. The third-order valence-electron chi connectivity index (χ3n) is 13.8. The lowest BCUT2D eigenvalue weighted by atomic mass is 9.53. The maximum atomic E-state index is 6.01. The molecule has 0 spiro atoms. The maximum Gasteiger partial charge on any atom is 0.175 e. The zero-order valence-corrected chi connectivity index (χ0v) is 30.6. The first-order chi connectivity index (χ1) is 24.8. The summed E-state index contributed by atoms with van der Waals surface area (Å²) in [5, 5.41) is 42.8. The Bertz CT molecular complexity index is 1470. The number of nitrogens with two attached hydrogens (primary N) is 3. The molecule has 3 heterocycles. The van der Waals surface area contributed by atoms with Gasteiger partial charge in [0.15, 0.2) is 17.5 Å². The van der Waals surface area contributed by atoms with Crippen LogP contribution in [0.3, 0.4) is 0 Å². The molecule has 15 heteroatoms. The van der Waals surface area contributed by atoms with E-state index in [1.165, 1.54) is 57.8 Å². The van der Waals surface area contributed by atoms with Crippen LogP contribution in [0.2, 0.25) is 0 Å². The zero-order valence-electron chi connectivity index (χ0n) is 30.6. The van der Waals surface area contributed by atoms with E-state index in [0.29, 0.717) is 17.8 Å². The number of tetrazole rings is 3. The molecule has 0 saturated heterocycles. The van der Waals surface area contributed by atoms with E-state index in [0.717, 1.165) is 74.1 Å². The highest BCUT2D eigenvalue weighted by Crippen LogP contribution is 2.61. The van der Waals surface area contributed by atoms with E-state index in [4.69, 9.17) is 17.2 Å². The molecule has 0 radical (unpaired) electrons. The van der Waals surface area contributed by atoms with Gasteiger partial charge in [0.2, 0.25) is 0 Å². The smallest absolute Gasteiger partial charge is 0.175 e. The third kappa shape index (κ3) is 7.03. The fourth-order valence-corrected chi connectivity index (χ4v) is 10.8. The van der Waals surface area contributed by atoms with Crippen LogP contribution >= 0.6 is 0 Å². The predicted molar refractivity (Wildman–Crippen MR) is 199 cm³/mol. The summed E-state index contributed by atoms with van der Waals surface area (Å²) < 4.78 is 0. The number of aromatic amines is 3. The van der Waals surface area contributed by atoms with E-state index in [-0.39, 0.29) is 23.7 Å². The molecule has 284 valence electrons. The van der Waals surface area contributed by atoms with Crippen LogP contribution in [0.25, 0.3) is 0 Å². The van der Waals surface area contributed by atoms with Crippen LogP contribution in [-0.4, -0.2) is 81.5 Å². The van der Waals surface area contributed by atoms with Gasteiger partial charge < -0.3 is 17.2 Å². The number of fused-ring (bicyclic) bond motifs is 3. The summed E-state index contributed by atoms with van der Waals surface area (Å²) in [4.78, 5) is 0. The van der Waals surface area contributed by atoms with Crippen molar-refractivity contribution in [2.24, 2.45) is 69.0 Å². The van der Waals surface area contributed by atoms with Crippen molar-refractivity contribution >= 4 is 0 Å². The van der Waals surface area contributed by atoms with Gasteiger partial charge in [-0.1, -0.05) is 78.8 Å². The number of rotatable bonds is 12. The summed E-state index contributed by atoms with van der Waals surface area (Å²) in [6, 6.07) is 0. The van der Waals surface area contributed by atoms with E-state index in [2.05, 4.69) is 101 Å². The molecule has 0 amide bonds. The summed E-state index contributed by atoms with van der Waals surface area (Å²) in [6.07, 6.45) is 20.9. The summed E-state index contributed by atoms with van der Waals surface area (Å²) >= 11 is 0. The Labute approximate surface area is 307 Å². The molecular weight excluding hydrogens is 655 g/mol. The topological polar surface area (TPSA) is 241 Å². The molecule has 6 aliphatic rings. The number of hydrogen-bond acceptors (Lipinski definition) is 12. The van der Waals surface area contributed by atoms with Crippen LogP contribution in [0, 0.1) is 51.8 Å². The van der Waals surface area contributed by atoms with Crippen molar-refractivity contribution in [1.29, 1.82) is 0 Å². The van der Waals surface area contributed by atoms with Crippen LogP contribution in [-0.2, 0) is 19.3 Å². The van der Waals surface area contributed by atoms with E-state index in [1.807, 2.05) is 0 Å². The first-order valence-electron chi connectivity index (χ1n) is 19.2. The number of allylic oxidation sites excluding steroid dienone is 6. The van der Waals surface area contributed by atoms with Crippen molar-refractivity contribution in [2.75, 3.05) is 19.6 Å². The van der Waals surface area contributed by atoms with Crippen molar-refractivity contribution < 1.29 is 0 Å². The van der Waals surface area contributed by atoms with Crippen molar-refractivity contribution in [3.8, 4) is 0 Å². The second-order valence-corrected chi connectivity index (χ2v) is 16.3. The molecular formula is C37H61N15. The highest BCUT2D eigenvalue weighted by atomic mass is 15.5. The largest absolute Gasteiger partial charge is 0.330 e. The average molecular weight is 716 g/mol. The van der Waals surface area contributed by atoms with Crippen LogP contribution in [0.5, 0.6) is 0 Å². The minimum Gasteiger partial charge on any atom is -0.330 e. The van der Waals surface area contributed by atoms with Gasteiger partial charge in [-0.05, 0) is 129 Å². The Morgan fingerprint density at radius 2 is 0.827 bits per heavy atom. The molecule has 3 fully saturated rings. The molecule has 0 aliphatic heterocycles. The Kier molecular flexibility index (Phi) is 11.5. The standard InChI is InChI=1S/3C12H19N5.CH4/c3*1-2-8-3-9-5-12(7-13,10(9)4-8)6-11-14-16-17-15-11;/h3*4,9-10H,2-3,5-7,13H2,1H3,(H,14,15,16,17);1H4/t9?,10?,12-;2*9-,10-,12-;/m110./s1. The van der Waals surface area contributed by atoms with Gasteiger partial charge in [0.25, 0.3) is 0 Å². The number of nitrogens with zero attached hydrogens (tertiary/aromatic N) is 9. The quantitative estimate of drug-likeness (QED) is 0.147. The minimum atomic E-state index is 0. The average Bonchev–Trinajstić information content (AvgIpc) is 3.99. The van der Waals surface area contributed by atoms with E-state index < -0.39 is 0 Å². The predicted octanol–water partition coefficient (Wildman–Crippen LogP) is 3.83. The maximum absolute atomic E-state index is 6.01. The first kappa shape index (κ1) is 38.0. The molecule has 6 aliphatic carbocycles. The van der Waals surface area contributed by atoms with Crippen LogP contribution in [0.1, 0.15) is 103 Å². The van der Waals surface area contributed by atoms with E-state index in [1.54, 1.807) is 16.7 Å². The fourth-order valence-electron chi connectivity index (χ4n) is 10.8. The van der Waals surface area contributed by atoms with Gasteiger partial charge >= 0.3 is 0 Å². The van der Waals surface area contributed by atoms with Gasteiger partial charge in [-0.15, -0.1) is 30.6 Å². The van der Waals surface area contributed by atoms with E-state index >= 15 is 0 Å². The van der Waals surface area contributed by atoms with Gasteiger partial charge in [-0.25, -0.2) is 0 Å². The highest BCUT2D eigenvalue weighted by molar-refractivity contribution is 5.26. The zero-order chi connectivity index (χ0) is 35.6. The van der Waals surface area contributed by atoms with Crippen LogP contribution in [0.4, 0.5) is 0 Å². The van der Waals surface area contributed by atoms with Gasteiger partial charge in [-0.3, -0.25) is 0 Å². The Morgan fingerprint density at radius 1 is 0.538 bits per heavy atom. The summed E-state index contributed by atoms with van der Waals surface area (Å²) in [5.74, 6) is 6.77. The Morgan fingerprint density at radius 3 is 1.04 bits per heavy atom. The molecule has 2 unspecified atom stereocenters. The molecule has 9 atom stereocenters. The first-order valence-corrected chi connectivity index (χ1v) is 19.2. The molecule has 3 saturated carbocycles. The number of aromatic nitrogens is 12. The van der Waals surface area contributed by atoms with Crippen molar-refractivity contribution in [2.45, 2.75) is 105 Å². The van der Waals surface area contributed by atoms with Gasteiger partial charge in [0.05, 0.1) is 0 Å². The molecule has 15 nitrogen and oxygen atoms in total. The van der Waals surface area contributed by atoms with Crippen molar-refractivity contribution in [3.63, 3.8) is 0 Å². The summed E-state index contributed by atoms with van der Waals surface area (Å²) in [5.41, 5.74) is 23.4. The summed E-state index contributed by atoms with van der Waals surface area (Å²) in [7, 11) is 0. The second-order valence-electron chi connectivity index (χ2n) is 16.3. The lowest BCUT2D eigenvalue weighted by Crippen LogP contribution is -2.51. The van der Waals surface area contributed by atoms with Gasteiger partial charge in [0, 0.05) is 19.3 Å². The molecule has 9 rings (SSSR count). The van der Waals surface area contributed by atoms with E-state index in [9.17, 15) is 0 Å². The molecule has 0 aromatic carbocycles. The summed E-state index contributed by atoms with van der Waals surface area (Å²) in [6.45, 7) is 8.86. The molecule has 9 N–H and O–H groups in total. The van der Waals surface area contributed by atoms with Crippen molar-refractivity contribution in [1.82, 2.24) is 61.9 Å². The fraction of sp³-hybridized carbons (Fsp3) is 0.757. The monoisotopic (exact) mass is 716 g/mol. The molecule has 0 bridgehead atoms. The Balaban J connectivity index is 0.000000133. The Hall–Kier alpha value is -3.69. The SMILES string of the molecule is C.CCC1=CC2C(C1)C[C@]2(CN)Cc1nn[nH]n1.CCC1=C[C@@H]2[C@H](C1)C[C@]2(CN)Cc1nn[nH]n1.CCC1=C[C@H]2[C@@H](C1)C[C@@]2(CN)Cc1nn[nH]n1. The molecule has 3 aromatic heterocycles. The van der Waals surface area contributed by atoms with Gasteiger partial charge in [0.1, 0.15) is 0 Å². The lowest BCUT2D eigenvalue weighted by molar-refractivity contribution is 0.00720. The normalized spacial score (nSPS) is 34.6. The number of nitrogens with one attached hydrogen (secondary N) is 3.